The van der Waals surface area contributed by atoms with Crippen molar-refractivity contribution < 1.29 is 9.90 Å². The number of carboxylic acids is 1. The van der Waals surface area contributed by atoms with Crippen molar-refractivity contribution in [3.05, 3.63) is 64.5 Å². The number of nitrogens with zero attached hydrogens (tertiary/aromatic N) is 4. The van der Waals surface area contributed by atoms with Crippen molar-refractivity contribution in [2.45, 2.75) is 52.9 Å². The van der Waals surface area contributed by atoms with Gasteiger partial charge < -0.3 is 10.0 Å². The van der Waals surface area contributed by atoms with Crippen LogP contribution in [0.1, 0.15) is 50.3 Å². The monoisotopic (exact) mass is 502 g/mol. The molecule has 1 N–H and O–H groups in total. The molecule has 0 spiro atoms. The Kier molecular flexibility index (Phi) is 8.50. The van der Waals surface area contributed by atoms with Gasteiger partial charge in [0.15, 0.2) is 5.69 Å². The summed E-state index contributed by atoms with van der Waals surface area (Å²) in [5, 5.41) is 20.0. The van der Waals surface area contributed by atoms with Crippen molar-refractivity contribution in [1.29, 1.82) is 0 Å². The van der Waals surface area contributed by atoms with Crippen LogP contribution >= 0.6 is 11.3 Å². The second-order valence-corrected chi connectivity index (χ2v) is 10.9. The molecule has 188 valence electrons. The standard InChI is InChI=1S/C29H34N4O2S/c1-5-24-20(11-14-33-15-12-21(13-16-33)29(34)35)7-6-8-25(24)28-32-31-27(36-28)23-10-9-22(17-19(2)3)26(18-23)30-4/h6-10,18-19,21H,5,11-17H2,1-3H3,(H,34,35). The number of rotatable bonds is 9. The molecule has 6 nitrogen and oxygen atoms in total. The fourth-order valence-electron chi connectivity index (χ4n) is 5.03. The van der Waals surface area contributed by atoms with E-state index < -0.39 is 5.97 Å². The maximum Gasteiger partial charge on any atom is 0.306 e. The van der Waals surface area contributed by atoms with Gasteiger partial charge in [-0.3, -0.25) is 4.79 Å². The lowest BCUT2D eigenvalue weighted by atomic mass is 9.95. The highest BCUT2D eigenvalue weighted by Crippen LogP contribution is 2.36. The molecular weight excluding hydrogens is 468 g/mol. The lowest BCUT2D eigenvalue weighted by Gasteiger charge is -2.30. The molecule has 7 heteroatoms. The summed E-state index contributed by atoms with van der Waals surface area (Å²) in [5.41, 5.74) is 6.47. The number of hydrogen-bond donors (Lipinski definition) is 1. The van der Waals surface area contributed by atoms with Crippen molar-refractivity contribution in [3.8, 4) is 21.1 Å². The summed E-state index contributed by atoms with van der Waals surface area (Å²) in [7, 11) is 0. The Balaban J connectivity index is 1.51. The van der Waals surface area contributed by atoms with Crippen LogP contribution in [0.5, 0.6) is 0 Å². The van der Waals surface area contributed by atoms with Gasteiger partial charge in [0.25, 0.3) is 0 Å². The molecule has 0 radical (unpaired) electrons. The number of hydrogen-bond acceptors (Lipinski definition) is 5. The zero-order valence-corrected chi connectivity index (χ0v) is 22.1. The molecule has 0 unspecified atom stereocenters. The summed E-state index contributed by atoms with van der Waals surface area (Å²) in [5.74, 6) is -0.357. The molecule has 2 aromatic carbocycles. The first-order chi connectivity index (χ1) is 17.4. The average Bonchev–Trinajstić information content (AvgIpc) is 3.37. The molecule has 3 aromatic rings. The summed E-state index contributed by atoms with van der Waals surface area (Å²) in [6.07, 6.45) is 4.21. The Hall–Kier alpha value is -3.08. The molecular formula is C29H34N4O2S. The number of carboxylic acid groups (broad SMARTS) is 1. The Morgan fingerprint density at radius 1 is 1.17 bits per heavy atom. The number of aliphatic carboxylic acids is 1. The van der Waals surface area contributed by atoms with E-state index in [1.807, 2.05) is 6.07 Å². The van der Waals surface area contributed by atoms with Crippen LogP contribution < -0.4 is 0 Å². The van der Waals surface area contributed by atoms with Gasteiger partial charge in [-0.2, -0.15) is 0 Å². The van der Waals surface area contributed by atoms with Crippen molar-refractivity contribution in [3.63, 3.8) is 0 Å². The zero-order valence-electron chi connectivity index (χ0n) is 21.3. The minimum Gasteiger partial charge on any atom is -0.481 e. The molecule has 1 saturated heterocycles. The molecule has 0 atom stereocenters. The Morgan fingerprint density at radius 2 is 1.92 bits per heavy atom. The van der Waals surface area contributed by atoms with Crippen LogP contribution in [-0.2, 0) is 24.1 Å². The Morgan fingerprint density at radius 3 is 2.58 bits per heavy atom. The Labute approximate surface area is 217 Å². The van der Waals surface area contributed by atoms with Crippen molar-refractivity contribution in [2.75, 3.05) is 19.6 Å². The molecule has 1 fully saturated rings. The van der Waals surface area contributed by atoms with E-state index in [-0.39, 0.29) is 5.92 Å². The highest BCUT2D eigenvalue weighted by atomic mass is 32.1. The third kappa shape index (κ3) is 6.00. The number of likely N-dealkylation sites (tertiary alicyclic amines) is 1. The van der Waals surface area contributed by atoms with Gasteiger partial charge in [0, 0.05) is 17.7 Å². The van der Waals surface area contributed by atoms with E-state index in [9.17, 15) is 9.90 Å². The topological polar surface area (TPSA) is 70.7 Å². The van der Waals surface area contributed by atoms with Gasteiger partial charge in [0.2, 0.25) is 0 Å². The molecule has 4 rings (SSSR count). The van der Waals surface area contributed by atoms with Gasteiger partial charge in [-0.15, -0.1) is 10.2 Å². The largest absolute Gasteiger partial charge is 0.481 e. The minimum atomic E-state index is -0.663. The molecule has 2 heterocycles. The Bertz CT molecular complexity index is 1250. The first kappa shape index (κ1) is 26.0. The van der Waals surface area contributed by atoms with E-state index in [1.54, 1.807) is 11.3 Å². The van der Waals surface area contributed by atoms with Gasteiger partial charge in [-0.05, 0) is 73.9 Å². The lowest BCUT2D eigenvalue weighted by molar-refractivity contribution is -0.143. The molecule has 0 aliphatic carbocycles. The maximum absolute atomic E-state index is 11.2. The normalized spacial score (nSPS) is 14.8. The summed E-state index contributed by atoms with van der Waals surface area (Å²) >= 11 is 1.57. The van der Waals surface area contributed by atoms with Crippen LogP contribution in [0.2, 0.25) is 0 Å². The van der Waals surface area contributed by atoms with E-state index in [1.165, 1.54) is 11.1 Å². The van der Waals surface area contributed by atoms with Crippen molar-refractivity contribution in [2.24, 2.45) is 11.8 Å². The summed E-state index contributed by atoms with van der Waals surface area (Å²) in [4.78, 5) is 17.4. The third-order valence-electron chi connectivity index (χ3n) is 7.00. The van der Waals surface area contributed by atoms with Gasteiger partial charge in [-0.25, -0.2) is 4.85 Å². The predicted octanol–water partition coefficient (Wildman–Crippen LogP) is 6.52. The van der Waals surface area contributed by atoms with Gasteiger partial charge >= 0.3 is 5.97 Å². The number of piperidine rings is 1. The molecule has 0 saturated carbocycles. The van der Waals surface area contributed by atoms with E-state index in [0.29, 0.717) is 11.6 Å². The highest BCUT2D eigenvalue weighted by Gasteiger charge is 2.24. The molecule has 0 bridgehead atoms. The maximum atomic E-state index is 11.2. The fraction of sp³-hybridized carbons (Fsp3) is 0.448. The van der Waals surface area contributed by atoms with Gasteiger partial charge in [0.05, 0.1) is 12.5 Å². The molecule has 36 heavy (non-hydrogen) atoms. The molecule has 1 aliphatic heterocycles. The molecule has 1 aromatic heterocycles. The van der Waals surface area contributed by atoms with E-state index in [0.717, 1.165) is 78.4 Å². The number of aromatic nitrogens is 2. The minimum absolute atomic E-state index is 0.195. The quantitative estimate of drug-likeness (QED) is 0.337. The first-order valence-electron chi connectivity index (χ1n) is 12.8. The zero-order chi connectivity index (χ0) is 25.7. The van der Waals surface area contributed by atoms with Crippen LogP contribution in [-0.4, -0.2) is 45.8 Å². The first-order valence-corrected chi connectivity index (χ1v) is 13.6. The number of benzene rings is 2. The van der Waals surface area contributed by atoms with Crippen molar-refractivity contribution >= 4 is 23.0 Å². The van der Waals surface area contributed by atoms with Crippen LogP contribution in [0.4, 0.5) is 5.69 Å². The summed E-state index contributed by atoms with van der Waals surface area (Å²) in [6, 6.07) is 12.5. The van der Waals surface area contributed by atoms with Crippen LogP contribution in [0.25, 0.3) is 26.0 Å². The average molecular weight is 503 g/mol. The fourth-order valence-corrected chi connectivity index (χ4v) is 5.92. The lowest BCUT2D eigenvalue weighted by Crippen LogP contribution is -2.37. The summed E-state index contributed by atoms with van der Waals surface area (Å²) in [6.45, 7) is 16.8. The predicted molar refractivity (Wildman–Crippen MR) is 145 cm³/mol. The molecule has 0 amide bonds. The van der Waals surface area contributed by atoms with Gasteiger partial charge in [-0.1, -0.05) is 62.4 Å². The second kappa shape index (κ2) is 11.8. The smallest absolute Gasteiger partial charge is 0.306 e. The van der Waals surface area contributed by atoms with Crippen LogP contribution in [0.3, 0.4) is 0 Å². The second-order valence-electron chi connectivity index (χ2n) is 9.97. The highest BCUT2D eigenvalue weighted by molar-refractivity contribution is 7.17. The van der Waals surface area contributed by atoms with Crippen LogP contribution in [0, 0.1) is 18.4 Å². The van der Waals surface area contributed by atoms with Crippen LogP contribution in [0.15, 0.2) is 36.4 Å². The molecule has 1 aliphatic rings. The summed E-state index contributed by atoms with van der Waals surface area (Å²) < 4.78 is 0. The van der Waals surface area contributed by atoms with Crippen molar-refractivity contribution in [1.82, 2.24) is 15.1 Å². The number of carbonyl (C=O) groups is 1. The van der Waals surface area contributed by atoms with Gasteiger partial charge in [0.1, 0.15) is 10.0 Å². The van der Waals surface area contributed by atoms with E-state index in [2.05, 4.69) is 71.0 Å². The SMILES string of the molecule is [C-]#[N+]c1cc(-c2nnc(-c3cccc(CCN4CCC(C(=O)O)CC4)c3CC)s2)ccc1CC(C)C. The van der Waals surface area contributed by atoms with E-state index in [4.69, 9.17) is 6.57 Å². The van der Waals surface area contributed by atoms with E-state index >= 15 is 0 Å². The third-order valence-corrected chi connectivity index (χ3v) is 8.00.